The van der Waals surface area contributed by atoms with Crippen LogP contribution in [0.2, 0.25) is 0 Å². The Morgan fingerprint density at radius 2 is 1.78 bits per heavy atom. The van der Waals surface area contributed by atoms with Crippen LogP contribution in [0.5, 0.6) is 11.5 Å². The minimum atomic E-state index is -0.437. The van der Waals surface area contributed by atoms with Crippen LogP contribution in [-0.4, -0.2) is 29.8 Å². The topological polar surface area (TPSA) is 82.4 Å². The quantitative estimate of drug-likeness (QED) is 0.752. The molecule has 1 aromatic heterocycles. The van der Waals surface area contributed by atoms with Crippen molar-refractivity contribution in [2.24, 2.45) is 0 Å². The van der Waals surface area contributed by atoms with Crippen molar-refractivity contribution in [1.29, 1.82) is 0 Å². The highest BCUT2D eigenvalue weighted by Crippen LogP contribution is 2.38. The van der Waals surface area contributed by atoms with Crippen LogP contribution in [0.1, 0.15) is 34.9 Å². The van der Waals surface area contributed by atoms with E-state index in [1.54, 1.807) is 30.3 Å². The number of ether oxygens (including phenoxy) is 2. The fourth-order valence-corrected chi connectivity index (χ4v) is 2.98. The largest absolute Gasteiger partial charge is 0.497 e. The standard InChI is InChI=1S/C20H19N3O4/c1-26-14-9-13(10-15(11-14)27-2)19(24)22-23-18(12-7-8-12)21-17-6-4-3-5-16(17)20(23)25/h3-6,9-12H,7-8H2,1-2H3,(H,22,24). The van der Waals surface area contributed by atoms with Crippen LogP contribution >= 0.6 is 0 Å². The molecule has 0 unspecified atom stereocenters. The number of nitrogens with one attached hydrogen (secondary N) is 1. The highest BCUT2D eigenvalue weighted by molar-refractivity contribution is 6.00. The minimum absolute atomic E-state index is 0.183. The first-order chi connectivity index (χ1) is 13.1. The first-order valence-electron chi connectivity index (χ1n) is 8.67. The average molecular weight is 365 g/mol. The van der Waals surface area contributed by atoms with Crippen molar-refractivity contribution in [1.82, 2.24) is 9.66 Å². The number of para-hydroxylation sites is 1. The van der Waals surface area contributed by atoms with Crippen molar-refractivity contribution in [2.75, 3.05) is 19.6 Å². The van der Waals surface area contributed by atoms with Gasteiger partial charge in [0.05, 0.1) is 25.1 Å². The molecule has 7 nitrogen and oxygen atoms in total. The Balaban J connectivity index is 1.77. The lowest BCUT2D eigenvalue weighted by Crippen LogP contribution is -2.36. The number of methoxy groups -OCH3 is 2. The number of hydrogen-bond donors (Lipinski definition) is 1. The number of aromatic nitrogens is 2. The molecule has 1 heterocycles. The number of fused-ring (bicyclic) bond motifs is 1. The van der Waals surface area contributed by atoms with E-state index in [1.807, 2.05) is 12.1 Å². The van der Waals surface area contributed by atoms with E-state index >= 15 is 0 Å². The summed E-state index contributed by atoms with van der Waals surface area (Å²) in [6.45, 7) is 0. The molecule has 4 rings (SSSR count). The number of benzene rings is 2. The maximum absolute atomic E-state index is 13.0. The Morgan fingerprint density at radius 1 is 1.11 bits per heavy atom. The summed E-state index contributed by atoms with van der Waals surface area (Å²) in [6.07, 6.45) is 1.90. The zero-order valence-electron chi connectivity index (χ0n) is 15.1. The Kier molecular flexibility index (Phi) is 4.27. The molecule has 0 aliphatic heterocycles. The summed E-state index contributed by atoms with van der Waals surface area (Å²) in [5.74, 6) is 1.31. The van der Waals surface area contributed by atoms with Crippen molar-refractivity contribution in [3.05, 3.63) is 64.2 Å². The highest BCUT2D eigenvalue weighted by Gasteiger charge is 2.30. The lowest BCUT2D eigenvalue weighted by molar-refractivity contribution is 0.101. The molecule has 1 aliphatic rings. The normalized spacial score (nSPS) is 13.4. The molecule has 0 saturated heterocycles. The van der Waals surface area contributed by atoms with Crippen molar-refractivity contribution in [2.45, 2.75) is 18.8 Å². The predicted octanol–water partition coefficient (Wildman–Crippen LogP) is 2.68. The molecule has 1 saturated carbocycles. The first kappa shape index (κ1) is 17.1. The number of carbonyl (C=O) groups excluding carboxylic acids is 1. The summed E-state index contributed by atoms with van der Waals surface area (Å²) in [5, 5.41) is 0.463. The molecule has 1 amide bonds. The lowest BCUT2D eigenvalue weighted by Gasteiger charge is -2.15. The molecule has 27 heavy (non-hydrogen) atoms. The van der Waals surface area contributed by atoms with Crippen molar-refractivity contribution >= 4 is 16.8 Å². The monoisotopic (exact) mass is 365 g/mol. The van der Waals surface area contributed by atoms with E-state index in [4.69, 9.17) is 9.47 Å². The minimum Gasteiger partial charge on any atom is -0.497 e. The van der Waals surface area contributed by atoms with Gasteiger partial charge in [-0.25, -0.2) is 9.66 Å². The van der Waals surface area contributed by atoms with Gasteiger partial charge in [0, 0.05) is 17.5 Å². The van der Waals surface area contributed by atoms with Gasteiger partial charge in [0.15, 0.2) is 0 Å². The van der Waals surface area contributed by atoms with Crippen LogP contribution in [0.3, 0.4) is 0 Å². The number of nitrogens with zero attached hydrogens (tertiary/aromatic N) is 2. The van der Waals surface area contributed by atoms with Crippen molar-refractivity contribution < 1.29 is 14.3 Å². The third-order valence-electron chi connectivity index (χ3n) is 4.57. The summed E-state index contributed by atoms with van der Waals surface area (Å²) in [7, 11) is 3.03. The van der Waals surface area contributed by atoms with Gasteiger partial charge in [0.1, 0.15) is 17.3 Å². The first-order valence-corrected chi connectivity index (χ1v) is 8.67. The van der Waals surface area contributed by atoms with E-state index in [-0.39, 0.29) is 11.5 Å². The van der Waals surface area contributed by atoms with Crippen LogP contribution in [0.4, 0.5) is 0 Å². The summed E-state index contributed by atoms with van der Waals surface area (Å²) in [4.78, 5) is 30.4. The molecule has 0 bridgehead atoms. The van der Waals surface area contributed by atoms with Gasteiger partial charge >= 0.3 is 0 Å². The van der Waals surface area contributed by atoms with Crippen molar-refractivity contribution in [3.63, 3.8) is 0 Å². The zero-order valence-corrected chi connectivity index (χ0v) is 15.1. The second-order valence-corrected chi connectivity index (χ2v) is 6.44. The molecule has 3 aromatic rings. The summed E-state index contributed by atoms with van der Waals surface area (Å²) in [5.41, 5.74) is 3.38. The molecule has 2 aromatic carbocycles. The third-order valence-corrected chi connectivity index (χ3v) is 4.57. The maximum atomic E-state index is 13.0. The number of rotatable bonds is 5. The molecule has 7 heteroatoms. The molecule has 0 radical (unpaired) electrons. The van der Waals surface area contributed by atoms with Gasteiger partial charge in [-0.15, -0.1) is 0 Å². The molecule has 1 aliphatic carbocycles. The summed E-state index contributed by atoms with van der Waals surface area (Å²) < 4.78 is 11.7. The Morgan fingerprint density at radius 3 is 2.41 bits per heavy atom. The van der Waals surface area contributed by atoms with Gasteiger partial charge in [-0.1, -0.05) is 12.1 Å². The fraction of sp³-hybridized carbons (Fsp3) is 0.250. The van der Waals surface area contributed by atoms with Crippen LogP contribution in [0.15, 0.2) is 47.3 Å². The van der Waals surface area contributed by atoms with Gasteiger partial charge < -0.3 is 9.47 Å². The Hall–Kier alpha value is -3.35. The third kappa shape index (κ3) is 3.23. The van der Waals surface area contributed by atoms with Gasteiger partial charge in [-0.3, -0.25) is 15.0 Å². The number of carbonyl (C=O) groups is 1. The van der Waals surface area contributed by atoms with Gasteiger partial charge in [-0.05, 0) is 37.1 Å². The van der Waals surface area contributed by atoms with Crippen molar-refractivity contribution in [3.8, 4) is 11.5 Å². The Bertz CT molecular complexity index is 1060. The summed E-state index contributed by atoms with van der Waals surface area (Å²) >= 11 is 0. The number of hydrogen-bond acceptors (Lipinski definition) is 5. The van der Waals surface area contributed by atoms with Gasteiger partial charge in [0.2, 0.25) is 0 Å². The van der Waals surface area contributed by atoms with Gasteiger partial charge in [-0.2, -0.15) is 0 Å². The Labute approximate surface area is 155 Å². The second-order valence-electron chi connectivity index (χ2n) is 6.44. The average Bonchev–Trinajstić information content (AvgIpc) is 3.54. The maximum Gasteiger partial charge on any atom is 0.280 e. The molecule has 1 N–H and O–H groups in total. The van der Waals surface area contributed by atoms with E-state index in [1.165, 1.54) is 18.9 Å². The number of amides is 1. The van der Waals surface area contributed by atoms with E-state index in [2.05, 4.69) is 10.4 Å². The molecule has 0 atom stereocenters. The van der Waals surface area contributed by atoms with Crippen LogP contribution in [0, 0.1) is 0 Å². The molecule has 138 valence electrons. The van der Waals surface area contributed by atoms with Crippen LogP contribution < -0.4 is 20.5 Å². The SMILES string of the molecule is COc1cc(OC)cc(C(=O)Nn2c(C3CC3)nc3ccccc3c2=O)c1. The highest BCUT2D eigenvalue weighted by atomic mass is 16.5. The van der Waals surface area contributed by atoms with E-state index in [0.29, 0.717) is 33.8 Å². The molecular weight excluding hydrogens is 346 g/mol. The van der Waals surface area contributed by atoms with Crippen LogP contribution in [-0.2, 0) is 0 Å². The second kappa shape index (κ2) is 6.75. The fourth-order valence-electron chi connectivity index (χ4n) is 2.98. The van der Waals surface area contributed by atoms with E-state index in [9.17, 15) is 9.59 Å². The van der Waals surface area contributed by atoms with Crippen LogP contribution in [0.25, 0.3) is 10.9 Å². The smallest absolute Gasteiger partial charge is 0.280 e. The van der Waals surface area contributed by atoms with E-state index in [0.717, 1.165) is 12.8 Å². The van der Waals surface area contributed by atoms with E-state index < -0.39 is 5.91 Å². The molecule has 0 spiro atoms. The lowest BCUT2D eigenvalue weighted by atomic mass is 10.2. The molecular formula is C20H19N3O4. The summed E-state index contributed by atoms with van der Waals surface area (Å²) in [6, 6.07) is 12.0. The van der Waals surface area contributed by atoms with Gasteiger partial charge in [0.25, 0.3) is 11.5 Å². The molecule has 1 fully saturated rings. The zero-order chi connectivity index (χ0) is 19.0. The predicted molar refractivity (Wildman–Crippen MR) is 101 cm³/mol.